The summed E-state index contributed by atoms with van der Waals surface area (Å²) >= 11 is 0. The van der Waals surface area contributed by atoms with Gasteiger partial charge in [-0.3, -0.25) is 4.79 Å². The van der Waals surface area contributed by atoms with Gasteiger partial charge in [0.05, 0.1) is 29.3 Å². The number of nitrogens with zero attached hydrogens (tertiary/aromatic N) is 4. The largest absolute Gasteiger partial charge is 0.417 e. The predicted molar refractivity (Wildman–Crippen MR) is 107 cm³/mol. The SMILES string of the molecule is CC(C)c1c(C(=O)NC2CCN(S(C)(=O)=O)CC2)cnn1-c1ccc(C(F)(F)F)cn1. The molecule has 0 aliphatic carbocycles. The molecule has 0 saturated carbocycles. The first-order valence-corrected chi connectivity index (χ1v) is 11.6. The minimum absolute atomic E-state index is 0.153. The van der Waals surface area contributed by atoms with Crippen molar-refractivity contribution in [1.29, 1.82) is 0 Å². The van der Waals surface area contributed by atoms with Gasteiger partial charge in [0.15, 0.2) is 5.82 Å². The highest BCUT2D eigenvalue weighted by Crippen LogP contribution is 2.29. The minimum atomic E-state index is -4.49. The molecular weight excluding hydrogens is 435 g/mol. The fraction of sp³-hybridized carbons (Fsp3) is 0.526. The average molecular weight is 459 g/mol. The van der Waals surface area contributed by atoms with Crippen molar-refractivity contribution in [2.45, 2.75) is 44.8 Å². The number of nitrogens with one attached hydrogen (secondary N) is 1. The van der Waals surface area contributed by atoms with E-state index < -0.39 is 21.8 Å². The summed E-state index contributed by atoms with van der Waals surface area (Å²) in [7, 11) is -3.26. The van der Waals surface area contributed by atoms with Crippen molar-refractivity contribution in [1.82, 2.24) is 24.4 Å². The van der Waals surface area contributed by atoms with E-state index >= 15 is 0 Å². The van der Waals surface area contributed by atoms with Crippen molar-refractivity contribution >= 4 is 15.9 Å². The standard InChI is InChI=1S/C19H24F3N5O3S/c1-12(2)17-15(18(28)25-14-6-8-26(9-7-14)31(3,29)30)11-24-27(17)16-5-4-13(10-23-16)19(20,21)22/h4-5,10-12,14H,6-9H2,1-3H3,(H,25,28). The molecule has 1 saturated heterocycles. The molecule has 1 aliphatic heterocycles. The first-order valence-electron chi connectivity index (χ1n) is 9.75. The Balaban J connectivity index is 1.78. The molecule has 170 valence electrons. The summed E-state index contributed by atoms with van der Waals surface area (Å²) in [5, 5.41) is 7.10. The molecule has 2 aromatic heterocycles. The van der Waals surface area contributed by atoms with Crippen LogP contribution in [0.1, 0.15) is 54.2 Å². The van der Waals surface area contributed by atoms with Gasteiger partial charge in [-0.05, 0) is 30.9 Å². The monoisotopic (exact) mass is 459 g/mol. The van der Waals surface area contributed by atoms with Gasteiger partial charge in [0.1, 0.15) is 0 Å². The third-order valence-electron chi connectivity index (χ3n) is 5.15. The number of aromatic nitrogens is 3. The van der Waals surface area contributed by atoms with E-state index in [0.29, 0.717) is 37.2 Å². The molecule has 0 radical (unpaired) electrons. The number of amides is 1. The Labute approximate surface area is 178 Å². The fourth-order valence-electron chi connectivity index (χ4n) is 3.54. The van der Waals surface area contributed by atoms with Crippen LogP contribution in [0.3, 0.4) is 0 Å². The summed E-state index contributed by atoms with van der Waals surface area (Å²) < 4.78 is 64.4. The highest BCUT2D eigenvalue weighted by atomic mass is 32.2. The van der Waals surface area contributed by atoms with Gasteiger partial charge in [-0.25, -0.2) is 22.4 Å². The van der Waals surface area contributed by atoms with Crippen LogP contribution in [0.2, 0.25) is 0 Å². The van der Waals surface area contributed by atoms with Crippen molar-refractivity contribution in [2.24, 2.45) is 0 Å². The fourth-order valence-corrected chi connectivity index (χ4v) is 4.42. The number of halogens is 3. The van der Waals surface area contributed by atoms with E-state index in [1.165, 1.54) is 21.3 Å². The quantitative estimate of drug-likeness (QED) is 0.741. The van der Waals surface area contributed by atoms with E-state index in [0.717, 1.165) is 18.5 Å². The van der Waals surface area contributed by atoms with E-state index in [2.05, 4.69) is 15.4 Å². The maximum absolute atomic E-state index is 12.9. The molecule has 3 rings (SSSR count). The third-order valence-corrected chi connectivity index (χ3v) is 6.45. The molecule has 0 atom stereocenters. The summed E-state index contributed by atoms with van der Waals surface area (Å²) in [6, 6.07) is 1.95. The Hall–Kier alpha value is -2.47. The van der Waals surface area contributed by atoms with Crippen molar-refractivity contribution in [3.05, 3.63) is 41.3 Å². The van der Waals surface area contributed by atoms with Gasteiger partial charge in [-0.2, -0.15) is 18.3 Å². The highest BCUT2D eigenvalue weighted by Gasteiger charge is 2.31. The molecule has 1 fully saturated rings. The van der Waals surface area contributed by atoms with Crippen LogP contribution in [-0.4, -0.2) is 58.8 Å². The van der Waals surface area contributed by atoms with Gasteiger partial charge in [0, 0.05) is 25.3 Å². The third kappa shape index (κ3) is 5.24. The zero-order valence-electron chi connectivity index (χ0n) is 17.3. The Morgan fingerprint density at radius 2 is 1.84 bits per heavy atom. The van der Waals surface area contributed by atoms with Gasteiger partial charge in [-0.15, -0.1) is 0 Å². The summed E-state index contributed by atoms with van der Waals surface area (Å²) in [6.07, 6.45) is -0.250. The van der Waals surface area contributed by atoms with E-state index in [-0.39, 0.29) is 23.7 Å². The number of carbonyl (C=O) groups is 1. The van der Waals surface area contributed by atoms with Gasteiger partial charge in [0.2, 0.25) is 10.0 Å². The zero-order valence-corrected chi connectivity index (χ0v) is 18.2. The second-order valence-electron chi connectivity index (χ2n) is 7.82. The number of piperidine rings is 1. The number of carbonyl (C=O) groups excluding carboxylic acids is 1. The second kappa shape index (κ2) is 8.58. The van der Waals surface area contributed by atoms with E-state index in [9.17, 15) is 26.4 Å². The first-order chi connectivity index (χ1) is 14.4. The van der Waals surface area contributed by atoms with Crippen molar-refractivity contribution in [2.75, 3.05) is 19.3 Å². The van der Waals surface area contributed by atoms with Crippen LogP contribution in [0.15, 0.2) is 24.5 Å². The van der Waals surface area contributed by atoms with Crippen LogP contribution in [0.5, 0.6) is 0 Å². The van der Waals surface area contributed by atoms with Crippen LogP contribution in [0, 0.1) is 0 Å². The zero-order chi connectivity index (χ0) is 23.0. The topological polar surface area (TPSA) is 97.2 Å². The molecule has 31 heavy (non-hydrogen) atoms. The van der Waals surface area contributed by atoms with E-state index in [1.807, 2.05) is 13.8 Å². The Bertz CT molecular complexity index is 1040. The Morgan fingerprint density at radius 3 is 2.32 bits per heavy atom. The lowest BCUT2D eigenvalue weighted by Gasteiger charge is -2.30. The maximum Gasteiger partial charge on any atom is 0.417 e. The molecule has 1 aliphatic rings. The Morgan fingerprint density at radius 1 is 1.19 bits per heavy atom. The molecule has 12 heteroatoms. The number of pyridine rings is 1. The van der Waals surface area contributed by atoms with Gasteiger partial charge in [-0.1, -0.05) is 13.8 Å². The van der Waals surface area contributed by atoms with Gasteiger partial charge < -0.3 is 5.32 Å². The highest BCUT2D eigenvalue weighted by molar-refractivity contribution is 7.88. The molecule has 1 amide bonds. The normalized spacial score (nSPS) is 16.6. The van der Waals surface area contributed by atoms with E-state index in [1.54, 1.807) is 0 Å². The van der Waals surface area contributed by atoms with Crippen LogP contribution in [0.25, 0.3) is 5.82 Å². The number of hydrogen-bond acceptors (Lipinski definition) is 5. The lowest BCUT2D eigenvalue weighted by Crippen LogP contribution is -2.46. The first kappa shape index (κ1) is 23.2. The molecular formula is C19H24F3N5O3S. The van der Waals surface area contributed by atoms with Gasteiger partial charge >= 0.3 is 6.18 Å². The second-order valence-corrected chi connectivity index (χ2v) is 9.81. The number of hydrogen-bond donors (Lipinski definition) is 1. The molecule has 0 spiro atoms. The van der Waals surface area contributed by atoms with Crippen LogP contribution >= 0.6 is 0 Å². The van der Waals surface area contributed by atoms with Gasteiger partial charge in [0.25, 0.3) is 5.91 Å². The smallest absolute Gasteiger partial charge is 0.349 e. The van der Waals surface area contributed by atoms with Crippen LogP contribution in [0.4, 0.5) is 13.2 Å². The van der Waals surface area contributed by atoms with Crippen LogP contribution < -0.4 is 5.32 Å². The Kier molecular flexibility index (Phi) is 6.42. The number of sulfonamides is 1. The minimum Gasteiger partial charge on any atom is -0.349 e. The summed E-state index contributed by atoms with van der Waals surface area (Å²) in [4.78, 5) is 16.7. The summed E-state index contributed by atoms with van der Waals surface area (Å²) in [5.74, 6) is -0.337. The van der Waals surface area contributed by atoms with E-state index in [4.69, 9.17) is 0 Å². The maximum atomic E-state index is 12.9. The molecule has 3 heterocycles. The molecule has 0 aromatic carbocycles. The molecule has 1 N–H and O–H groups in total. The molecule has 0 bridgehead atoms. The number of alkyl halides is 3. The molecule has 0 unspecified atom stereocenters. The predicted octanol–water partition coefficient (Wildman–Crippen LogP) is 2.56. The molecule has 8 nitrogen and oxygen atoms in total. The summed E-state index contributed by atoms with van der Waals surface area (Å²) in [5.41, 5.74) is -0.0338. The van der Waals surface area contributed by atoms with Crippen LogP contribution in [-0.2, 0) is 16.2 Å². The lowest BCUT2D eigenvalue weighted by molar-refractivity contribution is -0.137. The molecule has 2 aromatic rings. The lowest BCUT2D eigenvalue weighted by atomic mass is 10.0. The average Bonchev–Trinajstić information content (AvgIpc) is 3.13. The van der Waals surface area contributed by atoms with Crippen molar-refractivity contribution in [3.8, 4) is 5.82 Å². The number of rotatable bonds is 5. The van der Waals surface area contributed by atoms with Crippen molar-refractivity contribution in [3.63, 3.8) is 0 Å². The summed E-state index contributed by atoms with van der Waals surface area (Å²) in [6.45, 7) is 4.35. The van der Waals surface area contributed by atoms with Crippen molar-refractivity contribution < 1.29 is 26.4 Å².